The van der Waals surface area contributed by atoms with E-state index in [2.05, 4.69) is 10.1 Å². The van der Waals surface area contributed by atoms with Gasteiger partial charge in [-0.3, -0.25) is 4.98 Å². The Bertz CT molecular complexity index is 575. The van der Waals surface area contributed by atoms with Crippen molar-refractivity contribution in [1.29, 1.82) is 0 Å². The van der Waals surface area contributed by atoms with Gasteiger partial charge in [-0.2, -0.15) is 0 Å². The smallest absolute Gasteiger partial charge is 0.344 e. The van der Waals surface area contributed by atoms with E-state index < -0.39 is 5.97 Å². The van der Waals surface area contributed by atoms with Crippen molar-refractivity contribution in [3.63, 3.8) is 0 Å². The Labute approximate surface area is 105 Å². The summed E-state index contributed by atoms with van der Waals surface area (Å²) in [6.07, 6.45) is 0. The molecule has 0 atom stereocenters. The van der Waals surface area contributed by atoms with E-state index in [9.17, 15) is 4.79 Å². The fourth-order valence-electron chi connectivity index (χ4n) is 1.67. The maximum Gasteiger partial charge on any atom is 0.344 e. The molecule has 18 heavy (non-hydrogen) atoms. The fourth-order valence-corrected chi connectivity index (χ4v) is 1.67. The van der Waals surface area contributed by atoms with Gasteiger partial charge < -0.3 is 9.26 Å². The lowest BCUT2D eigenvalue weighted by Gasteiger charge is -2.02. The minimum absolute atomic E-state index is 0.310. The van der Waals surface area contributed by atoms with E-state index >= 15 is 0 Å². The molecule has 0 aliphatic rings. The van der Waals surface area contributed by atoms with Crippen LogP contribution >= 0.6 is 0 Å². The molecule has 2 heterocycles. The normalized spacial score (nSPS) is 10.4. The third kappa shape index (κ3) is 2.25. The van der Waals surface area contributed by atoms with E-state index in [0.29, 0.717) is 29.3 Å². The standard InChI is InChI=1S/C13H14N2O3/c1-4-17-13(16)11-9(3)18-15-12(11)10-7-5-6-8(2)14-10/h5-7H,4H2,1-3H3. The number of hydrogen-bond donors (Lipinski definition) is 0. The van der Waals surface area contributed by atoms with Gasteiger partial charge in [-0.25, -0.2) is 4.79 Å². The summed E-state index contributed by atoms with van der Waals surface area (Å²) in [5, 5.41) is 3.89. The summed E-state index contributed by atoms with van der Waals surface area (Å²) in [6, 6.07) is 5.52. The van der Waals surface area contributed by atoms with E-state index in [4.69, 9.17) is 9.26 Å². The van der Waals surface area contributed by atoms with Crippen molar-refractivity contribution in [2.75, 3.05) is 6.61 Å². The van der Waals surface area contributed by atoms with Crippen LogP contribution in [0.15, 0.2) is 22.7 Å². The largest absolute Gasteiger partial charge is 0.462 e. The molecular formula is C13H14N2O3. The van der Waals surface area contributed by atoms with Gasteiger partial charge in [0.1, 0.15) is 17.0 Å². The van der Waals surface area contributed by atoms with Crippen molar-refractivity contribution >= 4 is 5.97 Å². The van der Waals surface area contributed by atoms with Gasteiger partial charge in [0.25, 0.3) is 0 Å². The molecule has 0 spiro atoms. The highest BCUT2D eigenvalue weighted by Crippen LogP contribution is 2.24. The zero-order valence-electron chi connectivity index (χ0n) is 10.6. The van der Waals surface area contributed by atoms with Crippen molar-refractivity contribution < 1.29 is 14.1 Å². The van der Waals surface area contributed by atoms with Crippen LogP contribution in [0.3, 0.4) is 0 Å². The molecule has 0 radical (unpaired) electrons. The summed E-state index contributed by atoms with van der Waals surface area (Å²) in [5.74, 6) is 0.00122. The minimum Gasteiger partial charge on any atom is -0.462 e. The first kappa shape index (κ1) is 12.3. The number of aromatic nitrogens is 2. The van der Waals surface area contributed by atoms with Crippen LogP contribution in [0.2, 0.25) is 0 Å². The summed E-state index contributed by atoms with van der Waals surface area (Å²) in [7, 11) is 0. The zero-order valence-corrected chi connectivity index (χ0v) is 10.6. The summed E-state index contributed by atoms with van der Waals surface area (Å²) in [4.78, 5) is 16.2. The second-order valence-corrected chi connectivity index (χ2v) is 3.85. The Morgan fingerprint density at radius 1 is 1.39 bits per heavy atom. The average molecular weight is 246 g/mol. The van der Waals surface area contributed by atoms with Crippen molar-refractivity contribution in [2.45, 2.75) is 20.8 Å². The molecule has 0 aromatic carbocycles. The quantitative estimate of drug-likeness (QED) is 0.778. The average Bonchev–Trinajstić information content (AvgIpc) is 2.71. The van der Waals surface area contributed by atoms with Crippen LogP contribution in [0, 0.1) is 13.8 Å². The lowest BCUT2D eigenvalue weighted by molar-refractivity contribution is 0.0525. The highest BCUT2D eigenvalue weighted by Gasteiger charge is 2.23. The van der Waals surface area contributed by atoms with Crippen LogP contribution in [0.1, 0.15) is 28.7 Å². The van der Waals surface area contributed by atoms with Crippen molar-refractivity contribution in [2.24, 2.45) is 0 Å². The summed E-state index contributed by atoms with van der Waals surface area (Å²) in [5.41, 5.74) is 2.22. The summed E-state index contributed by atoms with van der Waals surface area (Å²) >= 11 is 0. The molecule has 0 saturated carbocycles. The van der Waals surface area contributed by atoms with Crippen LogP contribution in [0.4, 0.5) is 0 Å². The summed E-state index contributed by atoms with van der Waals surface area (Å²) in [6.45, 7) is 5.62. The summed E-state index contributed by atoms with van der Waals surface area (Å²) < 4.78 is 10.1. The Balaban J connectivity index is 2.49. The van der Waals surface area contributed by atoms with E-state index in [1.807, 2.05) is 19.1 Å². The third-order valence-electron chi connectivity index (χ3n) is 2.47. The Morgan fingerprint density at radius 2 is 2.17 bits per heavy atom. The Morgan fingerprint density at radius 3 is 2.83 bits per heavy atom. The topological polar surface area (TPSA) is 65.2 Å². The number of hydrogen-bond acceptors (Lipinski definition) is 5. The lowest BCUT2D eigenvalue weighted by Crippen LogP contribution is -2.07. The molecule has 2 aromatic heterocycles. The number of nitrogens with zero attached hydrogens (tertiary/aromatic N) is 2. The molecule has 0 amide bonds. The molecule has 0 aliphatic carbocycles. The SMILES string of the molecule is CCOC(=O)c1c(-c2cccc(C)n2)noc1C. The van der Waals surface area contributed by atoms with Gasteiger partial charge in [0.15, 0.2) is 0 Å². The van der Waals surface area contributed by atoms with Crippen LogP contribution in [0.5, 0.6) is 0 Å². The van der Waals surface area contributed by atoms with Crippen LogP contribution in [-0.4, -0.2) is 22.7 Å². The molecule has 2 aromatic rings. The lowest BCUT2D eigenvalue weighted by atomic mass is 10.1. The van der Waals surface area contributed by atoms with Crippen molar-refractivity contribution in [3.05, 3.63) is 35.2 Å². The Hall–Kier alpha value is -2.17. The van der Waals surface area contributed by atoms with Crippen molar-refractivity contribution in [1.82, 2.24) is 10.1 Å². The molecule has 0 bridgehead atoms. The molecule has 0 saturated heterocycles. The molecule has 5 nitrogen and oxygen atoms in total. The fraction of sp³-hybridized carbons (Fsp3) is 0.308. The van der Waals surface area contributed by atoms with Gasteiger partial charge in [0.05, 0.1) is 12.3 Å². The van der Waals surface area contributed by atoms with E-state index in [1.165, 1.54) is 0 Å². The number of esters is 1. The second-order valence-electron chi connectivity index (χ2n) is 3.85. The van der Waals surface area contributed by atoms with Crippen LogP contribution in [0.25, 0.3) is 11.4 Å². The maximum absolute atomic E-state index is 11.9. The van der Waals surface area contributed by atoms with Gasteiger partial charge in [0.2, 0.25) is 0 Å². The molecular weight excluding hydrogens is 232 g/mol. The molecule has 5 heteroatoms. The molecule has 0 N–H and O–H groups in total. The Kier molecular flexibility index (Phi) is 3.41. The van der Waals surface area contributed by atoms with Crippen LogP contribution < -0.4 is 0 Å². The van der Waals surface area contributed by atoms with Gasteiger partial charge in [-0.05, 0) is 32.9 Å². The molecule has 0 unspecified atom stereocenters. The highest BCUT2D eigenvalue weighted by atomic mass is 16.5. The van der Waals surface area contributed by atoms with E-state index in [1.54, 1.807) is 19.9 Å². The first-order valence-corrected chi connectivity index (χ1v) is 5.71. The van der Waals surface area contributed by atoms with Crippen molar-refractivity contribution in [3.8, 4) is 11.4 Å². The predicted octanol–water partition coefficient (Wildman–Crippen LogP) is 2.53. The minimum atomic E-state index is -0.436. The number of pyridine rings is 1. The second kappa shape index (κ2) is 5.00. The highest BCUT2D eigenvalue weighted by molar-refractivity contribution is 5.96. The number of aryl methyl sites for hydroxylation is 2. The number of rotatable bonds is 3. The van der Waals surface area contributed by atoms with E-state index in [-0.39, 0.29) is 0 Å². The predicted molar refractivity (Wildman–Crippen MR) is 65.2 cm³/mol. The molecule has 0 aliphatic heterocycles. The third-order valence-corrected chi connectivity index (χ3v) is 2.47. The molecule has 0 fully saturated rings. The molecule has 2 rings (SSSR count). The van der Waals surface area contributed by atoms with Gasteiger partial charge in [0, 0.05) is 5.69 Å². The zero-order chi connectivity index (χ0) is 13.1. The number of ether oxygens (including phenoxy) is 1. The first-order chi connectivity index (χ1) is 8.63. The van der Waals surface area contributed by atoms with Gasteiger partial charge in [-0.1, -0.05) is 11.2 Å². The molecule has 94 valence electrons. The van der Waals surface area contributed by atoms with Gasteiger partial charge in [-0.15, -0.1) is 0 Å². The maximum atomic E-state index is 11.9. The van der Waals surface area contributed by atoms with Crippen LogP contribution in [-0.2, 0) is 4.74 Å². The van der Waals surface area contributed by atoms with Gasteiger partial charge >= 0.3 is 5.97 Å². The first-order valence-electron chi connectivity index (χ1n) is 5.71. The monoisotopic (exact) mass is 246 g/mol. The number of carbonyl (C=O) groups is 1. The van der Waals surface area contributed by atoms with E-state index in [0.717, 1.165) is 5.69 Å². The number of carbonyl (C=O) groups excluding carboxylic acids is 1.